The maximum atomic E-state index is 12.8. The first kappa shape index (κ1) is 19.7. The van der Waals surface area contributed by atoms with E-state index in [4.69, 9.17) is 25.8 Å². The average molecular weight is 421 g/mol. The van der Waals surface area contributed by atoms with Crippen molar-refractivity contribution in [2.45, 2.75) is 6.92 Å². The quantitative estimate of drug-likeness (QED) is 0.317. The zero-order chi connectivity index (χ0) is 21.3. The van der Waals surface area contributed by atoms with Crippen molar-refractivity contribution in [3.8, 4) is 17.2 Å². The van der Waals surface area contributed by atoms with Gasteiger partial charge in [0.25, 0.3) is 0 Å². The molecule has 6 heteroatoms. The van der Waals surface area contributed by atoms with Crippen LogP contribution in [0.15, 0.2) is 66.4 Å². The van der Waals surface area contributed by atoms with Gasteiger partial charge in [0.2, 0.25) is 5.78 Å². The molecule has 3 aromatic carbocycles. The van der Waals surface area contributed by atoms with E-state index in [1.165, 1.54) is 0 Å². The predicted molar refractivity (Wildman–Crippen MR) is 114 cm³/mol. The Kier molecular flexibility index (Phi) is 5.29. The van der Waals surface area contributed by atoms with Crippen LogP contribution in [0.4, 0.5) is 0 Å². The number of carbonyl (C=O) groups excluding carboxylic acids is 2. The number of fused-ring (bicyclic) bond motifs is 1. The number of rotatable bonds is 4. The second-order valence-electron chi connectivity index (χ2n) is 6.72. The minimum absolute atomic E-state index is 0.203. The molecule has 0 aromatic heterocycles. The van der Waals surface area contributed by atoms with E-state index in [9.17, 15) is 9.59 Å². The molecule has 1 aliphatic heterocycles. The predicted octanol–water partition coefficient (Wildman–Crippen LogP) is 5.49. The number of hydrogen-bond donors (Lipinski definition) is 0. The number of allylic oxidation sites excluding steroid dienone is 1. The summed E-state index contributed by atoms with van der Waals surface area (Å²) in [5.74, 6) is 0.773. The molecule has 0 bridgehead atoms. The lowest BCUT2D eigenvalue weighted by Gasteiger charge is -2.08. The number of methoxy groups -OCH3 is 1. The second-order valence-corrected chi connectivity index (χ2v) is 7.16. The van der Waals surface area contributed by atoms with Crippen LogP contribution in [0.3, 0.4) is 0 Å². The topological polar surface area (TPSA) is 61.8 Å². The Bertz CT molecular complexity index is 1160. The third-order valence-corrected chi connectivity index (χ3v) is 4.90. The standard InChI is InChI=1S/C24H17ClO5/c1-14-11-19(29-24(27)16-5-9-18(28-2)10-6-16)13-20-22(14)23(26)21(30-20)12-15-3-7-17(25)8-4-15/h3-13H,1-2H3/b21-12-. The summed E-state index contributed by atoms with van der Waals surface area (Å²) in [5.41, 5.74) is 2.29. The van der Waals surface area contributed by atoms with E-state index >= 15 is 0 Å². The fourth-order valence-corrected chi connectivity index (χ4v) is 3.27. The van der Waals surface area contributed by atoms with E-state index < -0.39 is 5.97 Å². The number of halogens is 1. The van der Waals surface area contributed by atoms with Gasteiger partial charge in [-0.05, 0) is 66.6 Å². The molecule has 1 aliphatic rings. The van der Waals surface area contributed by atoms with E-state index in [1.807, 2.05) is 0 Å². The van der Waals surface area contributed by atoms with Crippen LogP contribution >= 0.6 is 11.6 Å². The third kappa shape index (κ3) is 3.93. The number of benzene rings is 3. The van der Waals surface area contributed by atoms with Gasteiger partial charge in [0.05, 0.1) is 18.2 Å². The Morgan fingerprint density at radius 1 is 1.00 bits per heavy atom. The molecule has 0 saturated carbocycles. The molecule has 30 heavy (non-hydrogen) atoms. The van der Waals surface area contributed by atoms with E-state index in [0.717, 1.165) is 5.56 Å². The van der Waals surface area contributed by atoms with Crippen molar-refractivity contribution in [3.05, 3.63) is 93.7 Å². The molecule has 1 heterocycles. The lowest BCUT2D eigenvalue weighted by atomic mass is 10.0. The molecule has 3 aromatic rings. The van der Waals surface area contributed by atoms with Gasteiger partial charge in [0, 0.05) is 11.1 Å². The van der Waals surface area contributed by atoms with Gasteiger partial charge in [-0.25, -0.2) is 4.79 Å². The van der Waals surface area contributed by atoms with Gasteiger partial charge in [-0.1, -0.05) is 23.7 Å². The average Bonchev–Trinajstić information content (AvgIpc) is 3.05. The molecule has 0 fully saturated rings. The minimum Gasteiger partial charge on any atom is -0.497 e. The zero-order valence-corrected chi connectivity index (χ0v) is 17.0. The Hall–Kier alpha value is -3.57. The Balaban J connectivity index is 1.57. The highest BCUT2D eigenvalue weighted by Gasteiger charge is 2.30. The maximum absolute atomic E-state index is 12.8. The summed E-state index contributed by atoms with van der Waals surface area (Å²) in [6.07, 6.45) is 1.65. The van der Waals surface area contributed by atoms with Gasteiger partial charge >= 0.3 is 5.97 Å². The number of esters is 1. The SMILES string of the molecule is COc1ccc(C(=O)Oc2cc(C)c3c(c2)O/C(=C\c2ccc(Cl)cc2)C3=O)cc1. The van der Waals surface area contributed by atoms with E-state index in [2.05, 4.69) is 0 Å². The second kappa shape index (κ2) is 8.05. The molecule has 150 valence electrons. The first-order chi connectivity index (χ1) is 14.4. The van der Waals surface area contributed by atoms with Crippen LogP contribution in [0.2, 0.25) is 5.02 Å². The summed E-state index contributed by atoms with van der Waals surface area (Å²) in [7, 11) is 1.55. The van der Waals surface area contributed by atoms with E-state index in [0.29, 0.717) is 39.0 Å². The molecule has 0 N–H and O–H groups in total. The summed E-state index contributed by atoms with van der Waals surface area (Å²) in [5, 5.41) is 0.610. The molecule has 5 nitrogen and oxygen atoms in total. The van der Waals surface area contributed by atoms with Crippen LogP contribution in [-0.4, -0.2) is 18.9 Å². The van der Waals surface area contributed by atoms with Crippen LogP contribution in [-0.2, 0) is 0 Å². The molecule has 0 amide bonds. The zero-order valence-electron chi connectivity index (χ0n) is 16.3. The highest BCUT2D eigenvalue weighted by molar-refractivity contribution is 6.30. The summed E-state index contributed by atoms with van der Waals surface area (Å²) >= 11 is 5.90. The Morgan fingerprint density at radius 3 is 2.37 bits per heavy atom. The number of hydrogen-bond acceptors (Lipinski definition) is 5. The summed E-state index contributed by atoms with van der Waals surface area (Å²) in [6.45, 7) is 1.77. The summed E-state index contributed by atoms with van der Waals surface area (Å²) in [6, 6.07) is 16.9. The van der Waals surface area contributed by atoms with Gasteiger partial charge in [0.15, 0.2) is 5.76 Å². The first-order valence-electron chi connectivity index (χ1n) is 9.15. The number of ketones is 1. The monoisotopic (exact) mass is 420 g/mol. The number of ether oxygens (including phenoxy) is 3. The fraction of sp³-hybridized carbons (Fsp3) is 0.0833. The highest BCUT2D eigenvalue weighted by atomic mass is 35.5. The number of Topliss-reactive ketones (excluding diaryl/α,β-unsaturated/α-hetero) is 1. The Morgan fingerprint density at radius 2 is 1.70 bits per heavy atom. The van der Waals surface area contributed by atoms with Crippen LogP contribution < -0.4 is 14.2 Å². The van der Waals surface area contributed by atoms with Crippen LogP contribution in [0.1, 0.15) is 31.8 Å². The van der Waals surface area contributed by atoms with Crippen molar-refractivity contribution in [3.63, 3.8) is 0 Å². The fourth-order valence-electron chi connectivity index (χ4n) is 3.14. The van der Waals surface area contributed by atoms with Gasteiger partial charge in [-0.2, -0.15) is 0 Å². The summed E-state index contributed by atoms with van der Waals surface area (Å²) in [4.78, 5) is 25.2. The lowest BCUT2D eigenvalue weighted by molar-refractivity contribution is 0.0734. The maximum Gasteiger partial charge on any atom is 0.343 e. The van der Waals surface area contributed by atoms with Gasteiger partial charge in [-0.3, -0.25) is 4.79 Å². The lowest BCUT2D eigenvalue weighted by Crippen LogP contribution is -2.08. The van der Waals surface area contributed by atoms with E-state index in [1.54, 1.807) is 80.8 Å². The molecule has 0 aliphatic carbocycles. The number of carbonyl (C=O) groups is 2. The Labute approximate surface area is 178 Å². The third-order valence-electron chi connectivity index (χ3n) is 4.65. The molecule has 4 rings (SSSR count). The molecular weight excluding hydrogens is 404 g/mol. The van der Waals surface area contributed by atoms with Gasteiger partial charge < -0.3 is 14.2 Å². The largest absolute Gasteiger partial charge is 0.497 e. The molecule has 0 atom stereocenters. The van der Waals surface area contributed by atoms with Crippen molar-refractivity contribution in [1.29, 1.82) is 0 Å². The van der Waals surface area contributed by atoms with Crippen molar-refractivity contribution in [1.82, 2.24) is 0 Å². The molecule has 0 radical (unpaired) electrons. The van der Waals surface area contributed by atoms with Gasteiger partial charge in [-0.15, -0.1) is 0 Å². The normalized spacial score (nSPS) is 13.7. The van der Waals surface area contributed by atoms with E-state index in [-0.39, 0.29) is 11.5 Å². The highest BCUT2D eigenvalue weighted by Crippen LogP contribution is 2.37. The molecule has 0 saturated heterocycles. The molecule has 0 spiro atoms. The van der Waals surface area contributed by atoms with Crippen molar-refractivity contribution < 1.29 is 23.8 Å². The minimum atomic E-state index is -0.516. The molecule has 0 unspecified atom stereocenters. The number of aryl methyl sites for hydroxylation is 1. The summed E-state index contributed by atoms with van der Waals surface area (Å²) < 4.78 is 16.3. The van der Waals surface area contributed by atoms with Crippen LogP contribution in [0.25, 0.3) is 6.08 Å². The smallest absolute Gasteiger partial charge is 0.343 e. The van der Waals surface area contributed by atoms with Crippen molar-refractivity contribution >= 4 is 29.4 Å². The van der Waals surface area contributed by atoms with Crippen LogP contribution in [0, 0.1) is 6.92 Å². The van der Waals surface area contributed by atoms with Crippen LogP contribution in [0.5, 0.6) is 17.2 Å². The van der Waals surface area contributed by atoms with Crippen molar-refractivity contribution in [2.24, 2.45) is 0 Å². The molecular formula is C24H17ClO5. The first-order valence-corrected chi connectivity index (χ1v) is 9.53. The van der Waals surface area contributed by atoms with Gasteiger partial charge in [0.1, 0.15) is 17.2 Å². The van der Waals surface area contributed by atoms with Crippen molar-refractivity contribution in [2.75, 3.05) is 7.11 Å².